The van der Waals surface area contributed by atoms with Crippen LogP contribution in [0.1, 0.15) is 323 Å². The van der Waals surface area contributed by atoms with Crippen LogP contribution >= 0.6 is 15.6 Å². The van der Waals surface area contributed by atoms with Gasteiger partial charge in [-0.25, -0.2) is 9.13 Å². The Hall–Kier alpha value is -4.02. The zero-order valence-corrected chi connectivity index (χ0v) is 63.5. The molecule has 0 saturated heterocycles. The molecule has 0 spiro atoms. The van der Waals surface area contributed by atoms with Gasteiger partial charge in [0, 0.05) is 25.7 Å². The second kappa shape index (κ2) is 71.4. The zero-order valence-electron chi connectivity index (χ0n) is 61.7. The van der Waals surface area contributed by atoms with E-state index in [0.717, 1.165) is 161 Å². The first-order chi connectivity index (χ1) is 47.7. The smallest absolute Gasteiger partial charge is 0.462 e. The summed E-state index contributed by atoms with van der Waals surface area (Å²) in [5.41, 5.74) is 0. The Labute approximate surface area is 595 Å². The fourth-order valence-corrected chi connectivity index (χ4v) is 11.7. The Balaban J connectivity index is 5.33. The van der Waals surface area contributed by atoms with E-state index >= 15 is 0 Å². The third-order valence-electron chi connectivity index (χ3n) is 16.0. The molecule has 0 aromatic carbocycles. The number of phosphoric acid groups is 2. The lowest BCUT2D eigenvalue weighted by Crippen LogP contribution is -2.30. The van der Waals surface area contributed by atoms with Crippen LogP contribution < -0.4 is 0 Å². The van der Waals surface area contributed by atoms with Crippen LogP contribution in [0.5, 0.6) is 0 Å². The molecular formula is C79H138O17P2. The summed E-state index contributed by atoms with van der Waals surface area (Å²) in [4.78, 5) is 72.8. The van der Waals surface area contributed by atoms with Gasteiger partial charge in [-0.3, -0.25) is 37.3 Å². The van der Waals surface area contributed by atoms with Gasteiger partial charge in [-0.2, -0.15) is 0 Å². The fraction of sp³-hybridized carbons (Fsp3) is 0.747. The van der Waals surface area contributed by atoms with E-state index in [2.05, 4.69) is 125 Å². The van der Waals surface area contributed by atoms with E-state index in [4.69, 9.17) is 37.0 Å². The summed E-state index contributed by atoms with van der Waals surface area (Å²) < 4.78 is 68.4. The Kier molecular flexibility index (Phi) is 68.4. The molecule has 0 heterocycles. The molecule has 0 aromatic heterocycles. The number of allylic oxidation sites excluding steroid dienone is 16. The summed E-state index contributed by atoms with van der Waals surface area (Å²) in [5.74, 6) is -2.22. The molecule has 3 N–H and O–H groups in total. The molecule has 5 atom stereocenters. The number of hydrogen-bond donors (Lipinski definition) is 3. The van der Waals surface area contributed by atoms with Crippen LogP contribution in [-0.4, -0.2) is 96.7 Å². The molecule has 0 aliphatic heterocycles. The molecule has 0 fully saturated rings. The average molecular weight is 1420 g/mol. The Bertz CT molecular complexity index is 2240. The van der Waals surface area contributed by atoms with Gasteiger partial charge in [0.05, 0.1) is 26.4 Å². The van der Waals surface area contributed by atoms with Crippen LogP contribution in [0.2, 0.25) is 0 Å². The van der Waals surface area contributed by atoms with E-state index in [0.29, 0.717) is 25.7 Å². The lowest BCUT2D eigenvalue weighted by molar-refractivity contribution is -0.161. The quantitative estimate of drug-likeness (QED) is 0.0169. The second-order valence-electron chi connectivity index (χ2n) is 25.6. The first-order valence-corrected chi connectivity index (χ1v) is 41.5. The summed E-state index contributed by atoms with van der Waals surface area (Å²) >= 11 is 0. The summed E-state index contributed by atoms with van der Waals surface area (Å²) in [7, 11) is -9.95. The fourth-order valence-electron chi connectivity index (χ4n) is 10.1. The van der Waals surface area contributed by atoms with E-state index in [1.165, 1.54) is 83.5 Å². The topological polar surface area (TPSA) is 237 Å². The van der Waals surface area contributed by atoms with Crippen LogP contribution in [0.4, 0.5) is 0 Å². The van der Waals surface area contributed by atoms with Gasteiger partial charge in [-0.1, -0.05) is 279 Å². The van der Waals surface area contributed by atoms with Crippen LogP contribution in [-0.2, 0) is 65.4 Å². The van der Waals surface area contributed by atoms with Crippen molar-refractivity contribution in [2.24, 2.45) is 0 Å². The lowest BCUT2D eigenvalue weighted by atomic mass is 10.0. The van der Waals surface area contributed by atoms with Crippen LogP contribution in [0.25, 0.3) is 0 Å². The molecular weight excluding hydrogens is 1280 g/mol. The highest BCUT2D eigenvalue weighted by Gasteiger charge is 2.30. The van der Waals surface area contributed by atoms with Gasteiger partial charge in [-0.05, 0) is 116 Å². The number of phosphoric ester groups is 2. The second-order valence-corrected chi connectivity index (χ2v) is 28.5. The van der Waals surface area contributed by atoms with Crippen molar-refractivity contribution in [2.75, 3.05) is 39.6 Å². The molecule has 19 heteroatoms. The average Bonchev–Trinajstić information content (AvgIpc) is 0.972. The molecule has 0 aliphatic carbocycles. The van der Waals surface area contributed by atoms with Crippen molar-refractivity contribution in [3.63, 3.8) is 0 Å². The maximum atomic E-state index is 13.1. The predicted molar refractivity (Wildman–Crippen MR) is 399 cm³/mol. The number of rotatable bonds is 72. The minimum Gasteiger partial charge on any atom is -0.462 e. The largest absolute Gasteiger partial charge is 0.472 e. The normalized spacial score (nSPS) is 14.5. The molecule has 0 amide bonds. The van der Waals surface area contributed by atoms with Crippen molar-refractivity contribution in [2.45, 2.75) is 341 Å². The molecule has 0 aliphatic rings. The van der Waals surface area contributed by atoms with Gasteiger partial charge < -0.3 is 33.8 Å². The predicted octanol–water partition coefficient (Wildman–Crippen LogP) is 22.0. The van der Waals surface area contributed by atoms with E-state index in [-0.39, 0.29) is 25.7 Å². The van der Waals surface area contributed by atoms with Gasteiger partial charge in [0.2, 0.25) is 0 Å². The van der Waals surface area contributed by atoms with Crippen LogP contribution in [0.3, 0.4) is 0 Å². The molecule has 98 heavy (non-hydrogen) atoms. The number of unbranched alkanes of at least 4 members (excludes halogenated alkanes) is 30. The van der Waals surface area contributed by atoms with E-state index < -0.39 is 97.5 Å². The first-order valence-electron chi connectivity index (χ1n) is 38.5. The van der Waals surface area contributed by atoms with Crippen LogP contribution in [0, 0.1) is 0 Å². The number of aliphatic hydroxyl groups is 1. The number of aliphatic hydroxyl groups excluding tert-OH is 1. The molecule has 5 unspecified atom stereocenters. The lowest BCUT2D eigenvalue weighted by Gasteiger charge is -2.21. The molecule has 0 rings (SSSR count). The van der Waals surface area contributed by atoms with Crippen molar-refractivity contribution in [1.82, 2.24) is 0 Å². The summed E-state index contributed by atoms with van der Waals surface area (Å²) in [5, 5.41) is 10.6. The van der Waals surface area contributed by atoms with E-state index in [1.807, 2.05) is 0 Å². The molecule has 566 valence electrons. The number of carbonyl (C=O) groups is 4. The summed E-state index contributed by atoms with van der Waals surface area (Å²) in [6.45, 7) is 4.62. The highest BCUT2D eigenvalue weighted by molar-refractivity contribution is 7.47. The van der Waals surface area contributed by atoms with Gasteiger partial charge in [0.25, 0.3) is 0 Å². The molecule has 0 saturated carbocycles. The highest BCUT2D eigenvalue weighted by Crippen LogP contribution is 2.45. The molecule has 0 bridgehead atoms. The van der Waals surface area contributed by atoms with Crippen molar-refractivity contribution in [1.29, 1.82) is 0 Å². The Morgan fingerprint density at radius 3 is 0.908 bits per heavy atom. The van der Waals surface area contributed by atoms with Gasteiger partial charge >= 0.3 is 39.5 Å². The number of hydrogen-bond acceptors (Lipinski definition) is 15. The number of esters is 4. The van der Waals surface area contributed by atoms with E-state index in [9.17, 15) is 43.2 Å². The van der Waals surface area contributed by atoms with Crippen LogP contribution in [0.15, 0.2) is 97.2 Å². The Morgan fingerprint density at radius 2 is 0.561 bits per heavy atom. The molecule has 0 radical (unpaired) electrons. The minimum atomic E-state index is -4.98. The number of ether oxygens (including phenoxy) is 4. The maximum absolute atomic E-state index is 13.1. The van der Waals surface area contributed by atoms with E-state index in [1.54, 1.807) is 0 Å². The third-order valence-corrected chi connectivity index (χ3v) is 17.9. The highest BCUT2D eigenvalue weighted by atomic mass is 31.2. The zero-order chi connectivity index (χ0) is 71.8. The monoisotopic (exact) mass is 1420 g/mol. The van der Waals surface area contributed by atoms with Crippen molar-refractivity contribution >= 4 is 39.5 Å². The standard InChI is InChI=1S/C79H138O17P2/c1-5-9-13-17-21-25-29-32-34-35-36-37-39-42-45-48-52-56-60-64-77(82)90-70-75(96-79(84)66-62-58-54-50-46-40-31-27-23-19-15-11-7-3)72-94-98(87,88)92-68-73(80)67-91-97(85,86)93-71-74(95-78(83)65-61-57-53-49-43-28-24-20-16-12-8-4)69-89-76(81)63-59-55-51-47-44-41-38-33-30-26-22-18-14-10-6-2/h9,13,15,19-21,24-25,27,31-32,34,36-37,42,45,73-75,80H,5-8,10-12,14,16-18,22-23,26,28-30,33,35,38-41,43-44,46-72H2,1-4H3,(H,85,86)(H,87,88)/b13-9-,19-15-,24-20-,25-21-,31-27-,34-32-,37-36-,45-42-. The van der Waals surface area contributed by atoms with Crippen molar-refractivity contribution in [3.8, 4) is 0 Å². The first kappa shape index (κ1) is 94.0. The van der Waals surface area contributed by atoms with Crippen molar-refractivity contribution < 1.29 is 80.2 Å². The van der Waals surface area contributed by atoms with Crippen molar-refractivity contribution in [3.05, 3.63) is 97.2 Å². The maximum Gasteiger partial charge on any atom is 0.472 e. The molecule has 0 aromatic rings. The minimum absolute atomic E-state index is 0.0706. The summed E-state index contributed by atoms with van der Waals surface area (Å²) in [6.07, 6.45) is 74.0. The van der Waals surface area contributed by atoms with Gasteiger partial charge in [-0.15, -0.1) is 0 Å². The SMILES string of the molecule is CC/C=C\C/C=C\C/C=C\C/C=C\C/C=C\CCCCCC(=O)OCC(COP(=O)(O)OCC(O)COP(=O)(O)OCC(COC(=O)CCCCCCCCCCCCCCCCC)OC(=O)CCCCCCC/C=C\CCCC)OC(=O)CCCCCCC/C=C\C/C=C\CCC. The third kappa shape index (κ3) is 70.4. The Morgan fingerprint density at radius 1 is 0.296 bits per heavy atom. The number of carbonyl (C=O) groups excluding carboxylic acids is 4. The van der Waals surface area contributed by atoms with Gasteiger partial charge in [0.15, 0.2) is 12.2 Å². The van der Waals surface area contributed by atoms with Gasteiger partial charge in [0.1, 0.15) is 19.3 Å². The summed E-state index contributed by atoms with van der Waals surface area (Å²) in [6, 6.07) is 0. The molecule has 17 nitrogen and oxygen atoms in total.